The van der Waals surface area contributed by atoms with Crippen LogP contribution in [-0.2, 0) is 9.53 Å². The summed E-state index contributed by atoms with van der Waals surface area (Å²) in [6.45, 7) is 1.97. The maximum absolute atomic E-state index is 13.2. The van der Waals surface area contributed by atoms with Crippen LogP contribution in [0, 0.1) is 17.6 Å². The largest absolute Gasteiger partial charge is 0.463 e. The van der Waals surface area contributed by atoms with Crippen molar-refractivity contribution in [2.45, 2.75) is 19.4 Å². The summed E-state index contributed by atoms with van der Waals surface area (Å²) in [5, 5.41) is 2.76. The van der Waals surface area contributed by atoms with Gasteiger partial charge in [0.2, 0.25) is 0 Å². The van der Waals surface area contributed by atoms with Gasteiger partial charge in [-0.25, -0.2) is 13.6 Å². The van der Waals surface area contributed by atoms with Crippen molar-refractivity contribution < 1.29 is 23.1 Å². The zero-order valence-electron chi connectivity index (χ0n) is 11.7. The monoisotopic (exact) mass is 329 g/mol. The van der Waals surface area contributed by atoms with Gasteiger partial charge in [-0.1, -0.05) is 11.6 Å². The molecule has 0 amide bonds. The molecule has 2 atom stereocenters. The highest BCUT2D eigenvalue weighted by molar-refractivity contribution is 6.34. The fourth-order valence-corrected chi connectivity index (χ4v) is 2.25. The molecule has 2 unspecified atom stereocenters. The Morgan fingerprint density at radius 2 is 2.09 bits per heavy atom. The van der Waals surface area contributed by atoms with Gasteiger partial charge in [0.15, 0.2) is 17.4 Å². The van der Waals surface area contributed by atoms with Crippen molar-refractivity contribution in [1.82, 2.24) is 5.32 Å². The van der Waals surface area contributed by atoms with Crippen LogP contribution in [0.15, 0.2) is 24.4 Å². The van der Waals surface area contributed by atoms with E-state index < -0.39 is 17.6 Å². The molecular formula is C15H14ClF2NO3. The van der Waals surface area contributed by atoms with E-state index in [9.17, 15) is 18.4 Å². The van der Waals surface area contributed by atoms with Crippen molar-refractivity contribution in [1.29, 1.82) is 0 Å². The van der Waals surface area contributed by atoms with E-state index in [1.807, 2.05) is 0 Å². The first-order chi connectivity index (χ1) is 10.4. The molecule has 1 fully saturated rings. The van der Waals surface area contributed by atoms with E-state index in [-0.39, 0.29) is 34.9 Å². The molecule has 1 aromatic carbocycles. The molecule has 1 saturated carbocycles. The predicted molar refractivity (Wildman–Crippen MR) is 76.5 cm³/mol. The van der Waals surface area contributed by atoms with E-state index in [4.69, 9.17) is 16.3 Å². The highest BCUT2D eigenvalue weighted by atomic mass is 35.5. The summed E-state index contributed by atoms with van der Waals surface area (Å²) in [6.07, 6.45) is 3.15. The van der Waals surface area contributed by atoms with Crippen molar-refractivity contribution in [3.05, 3.63) is 46.6 Å². The Balaban J connectivity index is 1.94. The van der Waals surface area contributed by atoms with Crippen molar-refractivity contribution in [3.8, 4) is 0 Å². The summed E-state index contributed by atoms with van der Waals surface area (Å²) in [4.78, 5) is 23.3. The Bertz CT molecular complexity index is 633. The second-order valence-electron chi connectivity index (χ2n) is 4.81. The van der Waals surface area contributed by atoms with Crippen molar-refractivity contribution in [3.63, 3.8) is 0 Å². The molecule has 1 aromatic rings. The van der Waals surface area contributed by atoms with Gasteiger partial charge < -0.3 is 10.1 Å². The highest BCUT2D eigenvalue weighted by Crippen LogP contribution is 2.36. The number of Topliss-reactive ketones (excluding diaryl/α,β-unsaturated/α-hetero) is 1. The number of nitrogens with one attached hydrogen (secondary N) is 1. The van der Waals surface area contributed by atoms with Crippen LogP contribution in [0.1, 0.15) is 23.7 Å². The zero-order chi connectivity index (χ0) is 16.3. The molecule has 0 radical (unpaired) electrons. The Morgan fingerprint density at radius 3 is 2.77 bits per heavy atom. The predicted octanol–water partition coefficient (Wildman–Crippen LogP) is 2.86. The van der Waals surface area contributed by atoms with Gasteiger partial charge in [0, 0.05) is 29.8 Å². The minimum absolute atomic E-state index is 0.0377. The van der Waals surface area contributed by atoms with Crippen LogP contribution in [-0.4, -0.2) is 24.4 Å². The average Bonchev–Trinajstić information content (AvgIpc) is 3.22. The first-order valence-electron chi connectivity index (χ1n) is 6.72. The quantitative estimate of drug-likeness (QED) is 0.377. The molecule has 0 aromatic heterocycles. The fraction of sp³-hybridized carbons (Fsp3) is 0.333. The molecule has 2 rings (SSSR count). The van der Waals surface area contributed by atoms with E-state index in [1.165, 1.54) is 12.3 Å². The zero-order valence-corrected chi connectivity index (χ0v) is 12.5. The highest BCUT2D eigenvalue weighted by Gasteiger charge is 2.43. The van der Waals surface area contributed by atoms with E-state index in [1.54, 1.807) is 6.92 Å². The van der Waals surface area contributed by atoms with Gasteiger partial charge in [0.05, 0.1) is 11.6 Å². The van der Waals surface area contributed by atoms with Crippen LogP contribution in [0.4, 0.5) is 8.78 Å². The van der Waals surface area contributed by atoms with Crippen LogP contribution < -0.4 is 5.32 Å². The molecule has 0 saturated heterocycles. The summed E-state index contributed by atoms with van der Waals surface area (Å²) in [5.41, 5.74) is -0.0377. The molecule has 7 heteroatoms. The van der Waals surface area contributed by atoms with Crippen molar-refractivity contribution in [2.75, 3.05) is 6.61 Å². The summed E-state index contributed by atoms with van der Waals surface area (Å²) < 4.78 is 30.9. The average molecular weight is 330 g/mol. The molecule has 0 bridgehead atoms. The van der Waals surface area contributed by atoms with Crippen LogP contribution in [0.25, 0.3) is 0 Å². The van der Waals surface area contributed by atoms with E-state index in [2.05, 4.69) is 5.32 Å². The standard InChI is InChI=1S/C15H14ClF2NO3/c1-2-22-14(20)3-4-19-13-6-9(13)15(21)8-5-11(17)12(18)7-10(8)16/h3-5,7,9,13,19H,2,6H2,1H3. The van der Waals surface area contributed by atoms with Gasteiger partial charge in [-0.3, -0.25) is 4.79 Å². The fourth-order valence-electron chi connectivity index (χ4n) is 2.01. The van der Waals surface area contributed by atoms with E-state index >= 15 is 0 Å². The lowest BCUT2D eigenvalue weighted by Crippen LogP contribution is -2.16. The van der Waals surface area contributed by atoms with Gasteiger partial charge in [-0.2, -0.15) is 0 Å². The number of carbonyl (C=O) groups excluding carboxylic acids is 2. The molecule has 1 N–H and O–H groups in total. The molecule has 22 heavy (non-hydrogen) atoms. The van der Waals surface area contributed by atoms with Crippen LogP contribution in [0.2, 0.25) is 5.02 Å². The van der Waals surface area contributed by atoms with E-state index in [0.29, 0.717) is 6.42 Å². The number of ketones is 1. The smallest absolute Gasteiger partial charge is 0.332 e. The number of halogens is 3. The van der Waals surface area contributed by atoms with E-state index in [0.717, 1.165) is 12.1 Å². The Morgan fingerprint density at radius 1 is 1.41 bits per heavy atom. The number of rotatable bonds is 6. The summed E-state index contributed by atoms with van der Waals surface area (Å²) in [6, 6.07) is 1.43. The minimum atomic E-state index is -1.11. The van der Waals surface area contributed by atoms with Gasteiger partial charge in [0.25, 0.3) is 0 Å². The van der Waals surface area contributed by atoms with Crippen molar-refractivity contribution in [2.24, 2.45) is 5.92 Å². The summed E-state index contributed by atoms with van der Waals surface area (Å²) in [7, 11) is 0. The SMILES string of the molecule is CCOC(=O)C=CNC1CC1C(=O)c1cc(F)c(F)cc1Cl. The lowest BCUT2D eigenvalue weighted by atomic mass is 10.1. The lowest BCUT2D eigenvalue weighted by Gasteiger charge is -2.04. The topological polar surface area (TPSA) is 55.4 Å². The normalized spacial score (nSPS) is 20.0. The summed E-state index contributed by atoms with van der Waals surface area (Å²) in [5.74, 6) is -3.42. The van der Waals surface area contributed by atoms with Gasteiger partial charge >= 0.3 is 5.97 Å². The Hall–Kier alpha value is -1.95. The molecule has 1 aliphatic rings. The van der Waals surface area contributed by atoms with Gasteiger partial charge in [-0.15, -0.1) is 0 Å². The molecule has 118 valence electrons. The third kappa shape index (κ3) is 3.82. The second kappa shape index (κ2) is 6.87. The first kappa shape index (κ1) is 16.4. The van der Waals surface area contributed by atoms with Crippen LogP contribution in [0.5, 0.6) is 0 Å². The second-order valence-corrected chi connectivity index (χ2v) is 5.22. The number of ether oxygens (including phenoxy) is 1. The van der Waals surface area contributed by atoms with Gasteiger partial charge in [0.1, 0.15) is 0 Å². The third-order valence-electron chi connectivity index (χ3n) is 3.22. The number of benzene rings is 1. The molecule has 0 aliphatic heterocycles. The van der Waals surface area contributed by atoms with Crippen LogP contribution in [0.3, 0.4) is 0 Å². The number of carbonyl (C=O) groups is 2. The Kier molecular flexibility index (Phi) is 5.13. The minimum Gasteiger partial charge on any atom is -0.463 e. The molecule has 4 nitrogen and oxygen atoms in total. The molecular weight excluding hydrogens is 316 g/mol. The maximum Gasteiger partial charge on any atom is 0.332 e. The molecule has 0 spiro atoms. The Labute approximate surface area is 131 Å². The maximum atomic E-state index is 13.2. The van der Waals surface area contributed by atoms with Gasteiger partial charge in [-0.05, 0) is 25.5 Å². The van der Waals surface area contributed by atoms with Crippen molar-refractivity contribution >= 4 is 23.4 Å². The molecule has 0 heterocycles. The third-order valence-corrected chi connectivity index (χ3v) is 3.53. The number of esters is 1. The number of hydrogen-bond acceptors (Lipinski definition) is 4. The number of hydrogen-bond donors (Lipinski definition) is 1. The van der Waals surface area contributed by atoms with Crippen LogP contribution >= 0.6 is 11.6 Å². The molecule has 1 aliphatic carbocycles. The first-order valence-corrected chi connectivity index (χ1v) is 7.10. The lowest BCUT2D eigenvalue weighted by molar-refractivity contribution is -0.137. The summed E-state index contributed by atoms with van der Waals surface area (Å²) >= 11 is 5.77.